The zero-order valence-electron chi connectivity index (χ0n) is 9.70. The molecule has 2 amide bonds. The second kappa shape index (κ2) is 5.92. The minimum absolute atomic E-state index is 0.132. The quantitative estimate of drug-likeness (QED) is 0.700. The maximum atomic E-state index is 11.7. The van der Waals surface area contributed by atoms with Crippen molar-refractivity contribution in [1.29, 1.82) is 0 Å². The van der Waals surface area contributed by atoms with Gasteiger partial charge in [-0.15, -0.1) is 11.3 Å². The Kier molecular flexibility index (Phi) is 4.83. The lowest BCUT2D eigenvalue weighted by Crippen LogP contribution is -2.36. The molecule has 0 fully saturated rings. The molecule has 0 bridgehead atoms. The van der Waals surface area contributed by atoms with Crippen LogP contribution in [0, 0.1) is 10.9 Å². The summed E-state index contributed by atoms with van der Waals surface area (Å²) in [7, 11) is 0. The van der Waals surface area contributed by atoms with Gasteiger partial charge in [-0.05, 0) is 26.1 Å². The molecule has 1 aromatic heterocycles. The van der Waals surface area contributed by atoms with Gasteiger partial charge in [0.2, 0.25) is 11.8 Å². The molecular weight excluding hydrogens is 258 g/mol. The predicted octanol–water partition coefficient (Wildman–Crippen LogP) is 1.04. The molecule has 17 heavy (non-hydrogen) atoms. The summed E-state index contributed by atoms with van der Waals surface area (Å²) in [6.45, 7) is 3.62. The van der Waals surface area contributed by atoms with Crippen LogP contribution in [0.5, 0.6) is 0 Å². The van der Waals surface area contributed by atoms with Gasteiger partial charge >= 0.3 is 0 Å². The SMILES string of the molecule is Cc1[nH]c(=S)sc1CC(=O)NC(C)CC(N)=O. The number of hydrogen-bond acceptors (Lipinski definition) is 4. The highest BCUT2D eigenvalue weighted by Gasteiger charge is 2.12. The maximum absolute atomic E-state index is 11.7. The Morgan fingerprint density at radius 3 is 2.71 bits per heavy atom. The van der Waals surface area contributed by atoms with E-state index in [2.05, 4.69) is 10.3 Å². The van der Waals surface area contributed by atoms with Crippen molar-refractivity contribution < 1.29 is 9.59 Å². The predicted molar refractivity (Wildman–Crippen MR) is 69.4 cm³/mol. The fourth-order valence-electron chi connectivity index (χ4n) is 1.43. The second-order valence-electron chi connectivity index (χ2n) is 3.88. The largest absolute Gasteiger partial charge is 0.370 e. The van der Waals surface area contributed by atoms with E-state index in [1.54, 1.807) is 6.92 Å². The zero-order chi connectivity index (χ0) is 13.0. The van der Waals surface area contributed by atoms with Crippen molar-refractivity contribution in [3.8, 4) is 0 Å². The molecule has 0 aliphatic carbocycles. The molecular formula is C10H15N3O2S2. The molecule has 0 saturated heterocycles. The highest BCUT2D eigenvalue weighted by atomic mass is 32.1. The summed E-state index contributed by atoms with van der Waals surface area (Å²) in [6, 6.07) is -0.243. The second-order valence-corrected chi connectivity index (χ2v) is 5.65. The van der Waals surface area contributed by atoms with Gasteiger partial charge in [0.05, 0.1) is 6.42 Å². The first-order valence-electron chi connectivity index (χ1n) is 5.14. The van der Waals surface area contributed by atoms with Crippen LogP contribution in [0.1, 0.15) is 23.9 Å². The first-order valence-corrected chi connectivity index (χ1v) is 6.37. The van der Waals surface area contributed by atoms with Crippen molar-refractivity contribution in [1.82, 2.24) is 10.3 Å². The molecule has 5 nitrogen and oxygen atoms in total. The molecule has 1 unspecified atom stereocenters. The van der Waals surface area contributed by atoms with Crippen LogP contribution in [0.25, 0.3) is 0 Å². The summed E-state index contributed by atoms with van der Waals surface area (Å²) in [6.07, 6.45) is 0.417. The number of thiazole rings is 1. The maximum Gasteiger partial charge on any atom is 0.225 e. The summed E-state index contributed by atoms with van der Waals surface area (Å²) in [5, 5.41) is 2.72. The van der Waals surface area contributed by atoms with Crippen LogP contribution in [0.2, 0.25) is 0 Å². The van der Waals surface area contributed by atoms with E-state index in [1.165, 1.54) is 11.3 Å². The average Bonchev–Trinajstić information content (AvgIpc) is 2.42. The number of aryl methyl sites for hydroxylation is 1. The fourth-order valence-corrected chi connectivity index (χ4v) is 2.72. The highest BCUT2D eigenvalue weighted by Crippen LogP contribution is 2.14. The highest BCUT2D eigenvalue weighted by molar-refractivity contribution is 7.73. The number of aromatic amines is 1. The van der Waals surface area contributed by atoms with E-state index in [1.807, 2.05) is 6.92 Å². The van der Waals surface area contributed by atoms with Crippen molar-refractivity contribution in [3.05, 3.63) is 14.5 Å². The van der Waals surface area contributed by atoms with E-state index in [0.29, 0.717) is 3.95 Å². The molecule has 1 atom stereocenters. The molecule has 4 N–H and O–H groups in total. The lowest BCUT2D eigenvalue weighted by molar-refractivity contribution is -0.121. The molecule has 0 saturated carbocycles. The molecule has 1 aromatic rings. The Hall–Kier alpha value is -1.21. The number of nitrogens with two attached hydrogens (primary N) is 1. The number of aromatic nitrogens is 1. The molecule has 0 aliphatic rings. The van der Waals surface area contributed by atoms with Crippen molar-refractivity contribution >= 4 is 35.4 Å². The van der Waals surface area contributed by atoms with Crippen LogP contribution in [-0.2, 0) is 16.0 Å². The zero-order valence-corrected chi connectivity index (χ0v) is 11.3. The summed E-state index contributed by atoms with van der Waals surface area (Å²) in [5.41, 5.74) is 5.96. The Bertz CT molecular complexity index is 478. The van der Waals surface area contributed by atoms with E-state index < -0.39 is 5.91 Å². The summed E-state index contributed by atoms with van der Waals surface area (Å²) < 4.78 is 0.662. The van der Waals surface area contributed by atoms with Crippen LogP contribution < -0.4 is 11.1 Å². The van der Waals surface area contributed by atoms with Crippen LogP contribution in [0.4, 0.5) is 0 Å². The van der Waals surface area contributed by atoms with E-state index >= 15 is 0 Å². The van der Waals surface area contributed by atoms with Gasteiger partial charge in [0, 0.05) is 23.0 Å². The molecule has 0 aliphatic heterocycles. The van der Waals surface area contributed by atoms with Gasteiger partial charge < -0.3 is 16.0 Å². The van der Waals surface area contributed by atoms with E-state index in [0.717, 1.165) is 10.6 Å². The molecule has 0 aromatic carbocycles. The minimum Gasteiger partial charge on any atom is -0.370 e. The Balaban J connectivity index is 2.52. The van der Waals surface area contributed by atoms with Gasteiger partial charge in [-0.1, -0.05) is 0 Å². The average molecular weight is 273 g/mol. The van der Waals surface area contributed by atoms with Crippen molar-refractivity contribution in [2.45, 2.75) is 32.7 Å². The summed E-state index contributed by atoms with van der Waals surface area (Å²) >= 11 is 6.38. The lowest BCUT2D eigenvalue weighted by Gasteiger charge is -2.11. The normalized spacial score (nSPS) is 12.1. The molecule has 1 rings (SSSR count). The van der Waals surface area contributed by atoms with E-state index in [4.69, 9.17) is 18.0 Å². The number of nitrogens with one attached hydrogen (secondary N) is 2. The monoisotopic (exact) mass is 273 g/mol. The third kappa shape index (κ3) is 4.66. The van der Waals surface area contributed by atoms with Gasteiger partial charge in [-0.2, -0.15) is 0 Å². The lowest BCUT2D eigenvalue weighted by atomic mass is 10.2. The van der Waals surface area contributed by atoms with Gasteiger partial charge in [-0.3, -0.25) is 9.59 Å². The van der Waals surface area contributed by atoms with Crippen LogP contribution in [0.3, 0.4) is 0 Å². The third-order valence-corrected chi connectivity index (χ3v) is 3.50. The number of hydrogen-bond donors (Lipinski definition) is 3. The number of H-pyrrole nitrogens is 1. The van der Waals surface area contributed by atoms with Crippen molar-refractivity contribution in [2.24, 2.45) is 5.73 Å². The Morgan fingerprint density at radius 2 is 2.24 bits per heavy atom. The number of primary amides is 1. The first kappa shape index (κ1) is 13.9. The minimum atomic E-state index is -0.425. The smallest absolute Gasteiger partial charge is 0.225 e. The Morgan fingerprint density at radius 1 is 1.59 bits per heavy atom. The molecule has 7 heteroatoms. The molecule has 1 heterocycles. The summed E-state index contributed by atoms with van der Waals surface area (Å²) in [5.74, 6) is -0.557. The van der Waals surface area contributed by atoms with Crippen LogP contribution in [0.15, 0.2) is 0 Å². The summed E-state index contributed by atoms with van der Waals surface area (Å²) in [4.78, 5) is 26.2. The number of carbonyl (C=O) groups is 2. The van der Waals surface area contributed by atoms with Crippen molar-refractivity contribution in [3.63, 3.8) is 0 Å². The molecule has 0 spiro atoms. The van der Waals surface area contributed by atoms with Gasteiger partial charge in [0.15, 0.2) is 3.95 Å². The first-order chi connectivity index (χ1) is 7.88. The van der Waals surface area contributed by atoms with Crippen molar-refractivity contribution in [2.75, 3.05) is 0 Å². The molecule has 94 valence electrons. The third-order valence-electron chi connectivity index (χ3n) is 2.16. The Labute approximate surface area is 108 Å². The van der Waals surface area contributed by atoms with Gasteiger partial charge in [-0.25, -0.2) is 0 Å². The van der Waals surface area contributed by atoms with Crippen LogP contribution >= 0.6 is 23.6 Å². The number of amides is 2. The van der Waals surface area contributed by atoms with E-state index in [9.17, 15) is 9.59 Å². The van der Waals surface area contributed by atoms with Gasteiger partial charge in [0.1, 0.15) is 0 Å². The van der Waals surface area contributed by atoms with Crippen LogP contribution in [-0.4, -0.2) is 22.8 Å². The topological polar surface area (TPSA) is 88.0 Å². The number of rotatable bonds is 5. The van der Waals surface area contributed by atoms with Gasteiger partial charge in [0.25, 0.3) is 0 Å². The molecule has 0 radical (unpaired) electrons. The van der Waals surface area contributed by atoms with E-state index in [-0.39, 0.29) is 24.8 Å². The number of carbonyl (C=O) groups excluding carboxylic acids is 2. The fraction of sp³-hybridized carbons (Fsp3) is 0.500. The standard InChI is InChI=1S/C10H15N3O2S2/c1-5(3-8(11)14)12-9(15)4-7-6(2)13-10(16)17-7/h5H,3-4H2,1-2H3,(H2,11,14)(H,12,15)(H,13,16).